The molecule has 4 nitrogen and oxygen atoms in total. The van der Waals surface area contributed by atoms with Crippen molar-refractivity contribution in [2.45, 2.75) is 26.4 Å². The van der Waals surface area contributed by atoms with Gasteiger partial charge in [-0.2, -0.15) is 0 Å². The number of aliphatic hydroxyl groups is 1. The number of nitrogens with one attached hydrogen (secondary N) is 1. The number of amides is 1. The fourth-order valence-electron chi connectivity index (χ4n) is 2.26. The maximum absolute atomic E-state index is 13.0. The Bertz CT molecular complexity index is 711. The second-order valence-electron chi connectivity index (χ2n) is 6.70. The van der Waals surface area contributed by atoms with Crippen LogP contribution in [0.15, 0.2) is 48.5 Å². The van der Waals surface area contributed by atoms with E-state index in [1.165, 1.54) is 24.3 Å². The highest BCUT2D eigenvalue weighted by Gasteiger charge is 2.24. The summed E-state index contributed by atoms with van der Waals surface area (Å²) >= 11 is 0. The summed E-state index contributed by atoms with van der Waals surface area (Å²) in [5.41, 5.74) is -0.311. The van der Waals surface area contributed by atoms with Crippen molar-refractivity contribution < 1.29 is 19.0 Å². The van der Waals surface area contributed by atoms with E-state index in [0.717, 1.165) is 0 Å². The van der Waals surface area contributed by atoms with Crippen LogP contribution in [0, 0.1) is 11.7 Å². The largest absolute Gasteiger partial charge is 0.493 e. The van der Waals surface area contributed by atoms with E-state index in [9.17, 15) is 14.3 Å². The fourth-order valence-corrected chi connectivity index (χ4v) is 2.26. The van der Waals surface area contributed by atoms with E-state index < -0.39 is 5.60 Å². The molecule has 0 spiro atoms. The van der Waals surface area contributed by atoms with Gasteiger partial charge in [-0.3, -0.25) is 4.79 Å². The van der Waals surface area contributed by atoms with E-state index >= 15 is 0 Å². The molecule has 0 fully saturated rings. The van der Waals surface area contributed by atoms with Crippen LogP contribution in [0.25, 0.3) is 0 Å². The molecule has 0 heterocycles. The molecule has 0 aromatic heterocycles. The lowest BCUT2D eigenvalue weighted by molar-refractivity contribution is 0.0526. The highest BCUT2D eigenvalue weighted by molar-refractivity contribution is 5.94. The van der Waals surface area contributed by atoms with E-state index in [-0.39, 0.29) is 18.3 Å². The zero-order valence-corrected chi connectivity index (χ0v) is 14.8. The number of rotatable bonds is 7. The lowest BCUT2D eigenvalue weighted by atomic mass is 9.96. The van der Waals surface area contributed by atoms with Crippen LogP contribution in [0.2, 0.25) is 0 Å². The summed E-state index contributed by atoms with van der Waals surface area (Å²) in [5, 5.41) is 13.2. The zero-order chi connectivity index (χ0) is 18.4. The summed E-state index contributed by atoms with van der Waals surface area (Å²) < 4.78 is 18.6. The SMILES string of the molecule is CC(C)COc1cccc(C(=O)NCC(C)(O)c2ccc(F)cc2)c1. The Kier molecular flexibility index (Phi) is 6.15. The van der Waals surface area contributed by atoms with Gasteiger partial charge >= 0.3 is 0 Å². The maximum Gasteiger partial charge on any atom is 0.251 e. The summed E-state index contributed by atoms with van der Waals surface area (Å²) in [6, 6.07) is 12.5. The number of hydrogen-bond donors (Lipinski definition) is 2. The minimum absolute atomic E-state index is 0.00848. The molecule has 134 valence electrons. The summed E-state index contributed by atoms with van der Waals surface area (Å²) in [4.78, 5) is 12.3. The van der Waals surface area contributed by atoms with Crippen molar-refractivity contribution in [3.8, 4) is 5.75 Å². The average molecular weight is 345 g/mol. The second kappa shape index (κ2) is 8.12. The van der Waals surface area contributed by atoms with Crippen molar-refractivity contribution in [2.24, 2.45) is 5.92 Å². The predicted octanol–water partition coefficient (Wildman–Crippen LogP) is 3.50. The van der Waals surface area contributed by atoms with Gasteiger partial charge in [-0.1, -0.05) is 32.0 Å². The molecular weight excluding hydrogens is 321 g/mol. The fraction of sp³-hybridized carbons (Fsp3) is 0.350. The van der Waals surface area contributed by atoms with Gasteiger partial charge < -0.3 is 15.2 Å². The highest BCUT2D eigenvalue weighted by Crippen LogP contribution is 2.20. The van der Waals surface area contributed by atoms with Gasteiger partial charge in [0.2, 0.25) is 0 Å². The Morgan fingerprint density at radius 3 is 2.56 bits per heavy atom. The molecule has 1 amide bonds. The molecule has 2 aromatic rings. The monoisotopic (exact) mass is 345 g/mol. The van der Waals surface area contributed by atoms with Crippen molar-refractivity contribution in [1.29, 1.82) is 0 Å². The van der Waals surface area contributed by atoms with Gasteiger partial charge in [-0.15, -0.1) is 0 Å². The molecule has 25 heavy (non-hydrogen) atoms. The molecule has 0 aliphatic rings. The Balaban J connectivity index is 1.99. The van der Waals surface area contributed by atoms with Gasteiger partial charge in [0.1, 0.15) is 17.2 Å². The van der Waals surface area contributed by atoms with E-state index in [1.54, 1.807) is 31.2 Å². The molecular formula is C20H24FNO3. The normalized spacial score (nSPS) is 13.4. The summed E-state index contributed by atoms with van der Waals surface area (Å²) in [6.07, 6.45) is 0. The second-order valence-corrected chi connectivity index (χ2v) is 6.70. The molecule has 2 rings (SSSR count). The topological polar surface area (TPSA) is 58.6 Å². The van der Waals surface area contributed by atoms with Crippen molar-refractivity contribution >= 4 is 5.91 Å². The lowest BCUT2D eigenvalue weighted by Gasteiger charge is -2.24. The van der Waals surface area contributed by atoms with Crippen molar-refractivity contribution in [3.05, 3.63) is 65.5 Å². The van der Waals surface area contributed by atoms with E-state index in [0.29, 0.717) is 29.4 Å². The van der Waals surface area contributed by atoms with Crippen LogP contribution in [-0.2, 0) is 5.60 Å². The molecule has 0 bridgehead atoms. The van der Waals surface area contributed by atoms with E-state index in [1.807, 2.05) is 13.8 Å². The smallest absolute Gasteiger partial charge is 0.251 e. The van der Waals surface area contributed by atoms with Gasteiger partial charge in [0, 0.05) is 5.56 Å². The highest BCUT2D eigenvalue weighted by atomic mass is 19.1. The van der Waals surface area contributed by atoms with Gasteiger partial charge in [0.05, 0.1) is 13.2 Å². The number of benzene rings is 2. The number of halogens is 1. The first kappa shape index (κ1) is 18.9. The molecule has 0 saturated carbocycles. The minimum Gasteiger partial charge on any atom is -0.493 e. The predicted molar refractivity (Wildman–Crippen MR) is 95.1 cm³/mol. The molecule has 5 heteroatoms. The number of ether oxygens (including phenoxy) is 1. The summed E-state index contributed by atoms with van der Waals surface area (Å²) in [7, 11) is 0. The van der Waals surface area contributed by atoms with Crippen molar-refractivity contribution in [2.75, 3.05) is 13.2 Å². The quantitative estimate of drug-likeness (QED) is 0.807. The summed E-state index contributed by atoms with van der Waals surface area (Å²) in [5.74, 6) is 0.342. The van der Waals surface area contributed by atoms with Gasteiger partial charge in [0.15, 0.2) is 0 Å². The van der Waals surface area contributed by atoms with Gasteiger partial charge in [-0.05, 0) is 48.7 Å². The van der Waals surface area contributed by atoms with Gasteiger partial charge in [0.25, 0.3) is 5.91 Å². The first-order chi connectivity index (χ1) is 11.8. The van der Waals surface area contributed by atoms with Crippen LogP contribution in [0.4, 0.5) is 4.39 Å². The van der Waals surface area contributed by atoms with Crippen LogP contribution < -0.4 is 10.1 Å². The minimum atomic E-state index is -1.30. The molecule has 2 aromatic carbocycles. The van der Waals surface area contributed by atoms with E-state index in [4.69, 9.17) is 4.74 Å². The Morgan fingerprint density at radius 2 is 1.92 bits per heavy atom. The van der Waals surface area contributed by atoms with Crippen molar-refractivity contribution in [1.82, 2.24) is 5.32 Å². The third kappa shape index (κ3) is 5.57. The average Bonchev–Trinajstić information content (AvgIpc) is 2.58. The zero-order valence-electron chi connectivity index (χ0n) is 14.8. The molecule has 0 radical (unpaired) electrons. The first-order valence-corrected chi connectivity index (χ1v) is 8.27. The van der Waals surface area contributed by atoms with Crippen LogP contribution in [-0.4, -0.2) is 24.2 Å². The lowest BCUT2D eigenvalue weighted by Crippen LogP contribution is -2.38. The first-order valence-electron chi connectivity index (χ1n) is 8.27. The standard InChI is InChI=1S/C20H24FNO3/c1-14(2)12-25-18-6-4-5-15(11-18)19(23)22-13-20(3,24)16-7-9-17(21)10-8-16/h4-11,14,24H,12-13H2,1-3H3,(H,22,23). The molecule has 2 N–H and O–H groups in total. The Morgan fingerprint density at radius 1 is 1.24 bits per heavy atom. The van der Waals surface area contributed by atoms with Crippen LogP contribution in [0.3, 0.4) is 0 Å². The Labute approximate surface area is 147 Å². The molecule has 1 unspecified atom stereocenters. The van der Waals surface area contributed by atoms with E-state index in [2.05, 4.69) is 5.32 Å². The maximum atomic E-state index is 13.0. The van der Waals surface area contributed by atoms with Gasteiger partial charge in [-0.25, -0.2) is 4.39 Å². The van der Waals surface area contributed by atoms with Crippen LogP contribution in [0.1, 0.15) is 36.7 Å². The molecule has 0 saturated heterocycles. The molecule has 0 aliphatic heterocycles. The Hall–Kier alpha value is -2.40. The van der Waals surface area contributed by atoms with Crippen molar-refractivity contribution in [3.63, 3.8) is 0 Å². The third-order valence-corrected chi connectivity index (χ3v) is 3.74. The van der Waals surface area contributed by atoms with Crippen LogP contribution in [0.5, 0.6) is 5.75 Å². The molecule has 1 atom stereocenters. The third-order valence-electron chi connectivity index (χ3n) is 3.74. The van der Waals surface area contributed by atoms with Crippen LogP contribution >= 0.6 is 0 Å². The molecule has 0 aliphatic carbocycles. The number of hydrogen-bond acceptors (Lipinski definition) is 3. The number of carbonyl (C=O) groups excluding carboxylic acids is 1. The summed E-state index contributed by atoms with van der Waals surface area (Å²) in [6.45, 7) is 6.25. The number of carbonyl (C=O) groups is 1.